The zero-order valence-electron chi connectivity index (χ0n) is 11.4. The Morgan fingerprint density at radius 1 is 1.20 bits per heavy atom. The van der Waals surface area contributed by atoms with E-state index in [1.807, 2.05) is 37.3 Å². The molecule has 0 fully saturated rings. The average molecular weight is 357 g/mol. The predicted octanol–water partition coefficient (Wildman–Crippen LogP) is 5.25. The molecule has 1 nitrogen and oxygen atoms in total. The Bertz CT molecular complexity index is 564. The van der Waals surface area contributed by atoms with E-state index in [1.54, 1.807) is 6.92 Å². The summed E-state index contributed by atoms with van der Waals surface area (Å²) in [6, 6.07) is 11.1. The van der Waals surface area contributed by atoms with E-state index in [2.05, 4.69) is 21.2 Å². The fourth-order valence-electron chi connectivity index (χ4n) is 2.17. The van der Waals surface area contributed by atoms with Gasteiger partial charge in [-0.3, -0.25) is 0 Å². The van der Waals surface area contributed by atoms with E-state index >= 15 is 0 Å². The lowest BCUT2D eigenvalue weighted by Crippen LogP contribution is -2.22. The third kappa shape index (κ3) is 3.40. The monoisotopic (exact) mass is 355 g/mol. The molecule has 0 aromatic heterocycles. The number of aryl methyl sites for hydroxylation is 1. The molecule has 1 unspecified atom stereocenters. The summed E-state index contributed by atoms with van der Waals surface area (Å²) >= 11 is 9.56. The highest BCUT2D eigenvalue weighted by Crippen LogP contribution is 2.29. The average Bonchev–Trinajstić information content (AvgIpc) is 2.43. The van der Waals surface area contributed by atoms with Gasteiger partial charge in [-0.1, -0.05) is 36.7 Å². The first-order valence-corrected chi connectivity index (χ1v) is 7.64. The van der Waals surface area contributed by atoms with Crippen LogP contribution in [0.1, 0.15) is 29.7 Å². The maximum absolute atomic E-state index is 13.4. The fraction of sp³-hybridized carbons (Fsp3) is 0.250. The van der Waals surface area contributed by atoms with E-state index in [1.165, 1.54) is 6.07 Å². The zero-order chi connectivity index (χ0) is 14.7. The normalized spacial score (nSPS) is 12.4. The summed E-state index contributed by atoms with van der Waals surface area (Å²) in [5.41, 5.74) is 2.74. The molecule has 0 aliphatic carbocycles. The van der Waals surface area contributed by atoms with Gasteiger partial charge in [-0.2, -0.15) is 0 Å². The van der Waals surface area contributed by atoms with Crippen molar-refractivity contribution in [2.45, 2.75) is 19.9 Å². The Balaban J connectivity index is 2.44. The molecular weight excluding hydrogens is 341 g/mol. The van der Waals surface area contributed by atoms with E-state index in [-0.39, 0.29) is 11.9 Å². The van der Waals surface area contributed by atoms with Gasteiger partial charge in [0, 0.05) is 4.47 Å². The second kappa shape index (κ2) is 6.70. The molecule has 0 radical (unpaired) electrons. The minimum atomic E-state index is -0.183. The van der Waals surface area contributed by atoms with Crippen molar-refractivity contribution in [3.8, 4) is 0 Å². The van der Waals surface area contributed by atoms with Gasteiger partial charge in [0.15, 0.2) is 0 Å². The highest BCUT2D eigenvalue weighted by molar-refractivity contribution is 9.10. The van der Waals surface area contributed by atoms with Crippen LogP contribution in [0.25, 0.3) is 0 Å². The van der Waals surface area contributed by atoms with Crippen LogP contribution in [-0.4, -0.2) is 6.54 Å². The van der Waals surface area contributed by atoms with Crippen molar-refractivity contribution >= 4 is 27.5 Å². The van der Waals surface area contributed by atoms with Crippen LogP contribution in [0, 0.1) is 12.7 Å². The van der Waals surface area contributed by atoms with E-state index in [0.29, 0.717) is 10.6 Å². The first-order valence-electron chi connectivity index (χ1n) is 6.47. The van der Waals surface area contributed by atoms with E-state index in [9.17, 15) is 4.39 Å². The number of hydrogen-bond donors (Lipinski definition) is 1. The zero-order valence-corrected chi connectivity index (χ0v) is 13.7. The first kappa shape index (κ1) is 15.5. The largest absolute Gasteiger partial charge is 0.307 e. The second-order valence-electron chi connectivity index (χ2n) is 4.67. The van der Waals surface area contributed by atoms with Crippen LogP contribution in [0.5, 0.6) is 0 Å². The van der Waals surface area contributed by atoms with Crippen molar-refractivity contribution in [3.05, 3.63) is 68.4 Å². The lowest BCUT2D eigenvalue weighted by Gasteiger charge is -2.20. The fourth-order valence-corrected chi connectivity index (χ4v) is 2.61. The van der Waals surface area contributed by atoms with Gasteiger partial charge >= 0.3 is 0 Å². The number of benzene rings is 2. The standard InChI is InChI=1S/C16H16BrClFN/c1-3-20-16(11-5-7-15(19)10(2)8-11)12-4-6-13(17)14(18)9-12/h4-9,16,20H,3H2,1-2H3. The van der Waals surface area contributed by atoms with Gasteiger partial charge < -0.3 is 5.32 Å². The Morgan fingerprint density at radius 3 is 2.45 bits per heavy atom. The van der Waals surface area contributed by atoms with Crippen LogP contribution in [0.4, 0.5) is 4.39 Å². The molecule has 4 heteroatoms. The molecule has 106 valence electrons. The van der Waals surface area contributed by atoms with Crippen LogP contribution >= 0.6 is 27.5 Å². The van der Waals surface area contributed by atoms with Gasteiger partial charge in [-0.15, -0.1) is 0 Å². The van der Waals surface area contributed by atoms with E-state index in [0.717, 1.165) is 22.1 Å². The van der Waals surface area contributed by atoms with Crippen LogP contribution in [0.2, 0.25) is 5.02 Å². The van der Waals surface area contributed by atoms with Gasteiger partial charge in [0.25, 0.3) is 0 Å². The van der Waals surface area contributed by atoms with E-state index < -0.39 is 0 Å². The highest BCUT2D eigenvalue weighted by Gasteiger charge is 2.15. The molecule has 1 N–H and O–H groups in total. The topological polar surface area (TPSA) is 12.0 Å². The Morgan fingerprint density at radius 2 is 1.85 bits per heavy atom. The summed E-state index contributed by atoms with van der Waals surface area (Å²) in [4.78, 5) is 0. The molecule has 0 bridgehead atoms. The maximum atomic E-state index is 13.4. The summed E-state index contributed by atoms with van der Waals surface area (Å²) in [7, 11) is 0. The predicted molar refractivity (Wildman–Crippen MR) is 85.8 cm³/mol. The van der Waals surface area contributed by atoms with Gasteiger partial charge in [-0.05, 0) is 64.3 Å². The van der Waals surface area contributed by atoms with Crippen molar-refractivity contribution in [2.24, 2.45) is 0 Å². The molecule has 0 saturated heterocycles. The molecule has 2 rings (SSSR count). The number of hydrogen-bond acceptors (Lipinski definition) is 1. The molecule has 0 heterocycles. The molecule has 20 heavy (non-hydrogen) atoms. The third-order valence-electron chi connectivity index (χ3n) is 3.20. The van der Waals surface area contributed by atoms with Crippen molar-refractivity contribution in [1.82, 2.24) is 5.32 Å². The lowest BCUT2D eigenvalue weighted by molar-refractivity contribution is 0.606. The Kier molecular flexibility index (Phi) is 5.19. The minimum Gasteiger partial charge on any atom is -0.307 e. The SMILES string of the molecule is CCNC(c1ccc(F)c(C)c1)c1ccc(Br)c(Cl)c1. The quantitative estimate of drug-likeness (QED) is 0.789. The second-order valence-corrected chi connectivity index (χ2v) is 5.93. The van der Waals surface area contributed by atoms with Gasteiger partial charge in [0.1, 0.15) is 5.82 Å². The molecule has 1 atom stereocenters. The van der Waals surface area contributed by atoms with Crippen LogP contribution in [0.15, 0.2) is 40.9 Å². The molecule has 0 aliphatic rings. The van der Waals surface area contributed by atoms with Crippen molar-refractivity contribution in [1.29, 1.82) is 0 Å². The summed E-state index contributed by atoms with van der Waals surface area (Å²) in [6.07, 6.45) is 0. The van der Waals surface area contributed by atoms with Gasteiger partial charge in [0.05, 0.1) is 11.1 Å². The molecular formula is C16H16BrClFN. The van der Waals surface area contributed by atoms with Gasteiger partial charge in [-0.25, -0.2) is 4.39 Å². The van der Waals surface area contributed by atoms with Crippen molar-refractivity contribution in [3.63, 3.8) is 0 Å². The molecule has 2 aromatic carbocycles. The Hall–Kier alpha value is -0.900. The van der Waals surface area contributed by atoms with E-state index in [4.69, 9.17) is 11.6 Å². The first-order chi connectivity index (χ1) is 9.52. The molecule has 0 saturated carbocycles. The van der Waals surface area contributed by atoms with Crippen molar-refractivity contribution in [2.75, 3.05) is 6.54 Å². The number of halogens is 3. The van der Waals surface area contributed by atoms with Crippen LogP contribution in [0.3, 0.4) is 0 Å². The Labute approximate surface area is 132 Å². The van der Waals surface area contributed by atoms with Crippen molar-refractivity contribution < 1.29 is 4.39 Å². The summed E-state index contributed by atoms with van der Waals surface area (Å²) in [6.45, 7) is 4.63. The van der Waals surface area contributed by atoms with Crippen LogP contribution in [-0.2, 0) is 0 Å². The molecule has 0 aliphatic heterocycles. The lowest BCUT2D eigenvalue weighted by atomic mass is 9.97. The third-order valence-corrected chi connectivity index (χ3v) is 4.43. The molecule has 0 spiro atoms. The number of rotatable bonds is 4. The molecule has 2 aromatic rings. The summed E-state index contributed by atoms with van der Waals surface area (Å²) in [5.74, 6) is -0.183. The summed E-state index contributed by atoms with van der Waals surface area (Å²) < 4.78 is 14.3. The number of nitrogens with one attached hydrogen (secondary N) is 1. The molecule has 0 amide bonds. The smallest absolute Gasteiger partial charge is 0.126 e. The van der Waals surface area contributed by atoms with Gasteiger partial charge in [0.2, 0.25) is 0 Å². The maximum Gasteiger partial charge on any atom is 0.126 e. The highest BCUT2D eigenvalue weighted by atomic mass is 79.9. The van der Waals surface area contributed by atoms with Crippen LogP contribution < -0.4 is 5.32 Å². The minimum absolute atomic E-state index is 0.00454. The summed E-state index contributed by atoms with van der Waals surface area (Å²) in [5, 5.41) is 4.08.